The first kappa shape index (κ1) is 19.5. The molecular formula is C19H30O4. The maximum atomic E-state index is 11.8. The van der Waals surface area contributed by atoms with Crippen LogP contribution < -0.4 is 0 Å². The summed E-state index contributed by atoms with van der Waals surface area (Å²) in [5, 5.41) is 18.9. The minimum absolute atomic E-state index is 0.189. The van der Waals surface area contributed by atoms with Gasteiger partial charge in [0.25, 0.3) is 0 Å². The van der Waals surface area contributed by atoms with Crippen LogP contribution in [0.4, 0.5) is 0 Å². The van der Waals surface area contributed by atoms with Crippen LogP contribution in [0.1, 0.15) is 71.6 Å². The van der Waals surface area contributed by atoms with Gasteiger partial charge in [-0.25, -0.2) is 4.79 Å². The zero-order valence-corrected chi connectivity index (χ0v) is 14.4. The predicted molar refractivity (Wildman–Crippen MR) is 91.3 cm³/mol. The van der Waals surface area contributed by atoms with Gasteiger partial charge in [-0.1, -0.05) is 83.4 Å². The van der Waals surface area contributed by atoms with Gasteiger partial charge in [0.05, 0.1) is 5.41 Å². The van der Waals surface area contributed by atoms with E-state index in [2.05, 4.69) is 6.92 Å². The van der Waals surface area contributed by atoms with E-state index in [1.165, 1.54) is 38.2 Å². The molecule has 0 bridgehead atoms. The number of hydrogen-bond acceptors (Lipinski definition) is 2. The molecule has 2 N–H and O–H groups in total. The molecule has 0 spiro atoms. The van der Waals surface area contributed by atoms with E-state index in [0.29, 0.717) is 6.42 Å². The van der Waals surface area contributed by atoms with Crippen molar-refractivity contribution in [3.05, 3.63) is 23.8 Å². The molecule has 2 unspecified atom stereocenters. The molecule has 0 aromatic rings. The third-order valence-electron chi connectivity index (χ3n) is 5.00. The maximum Gasteiger partial charge on any atom is 0.331 e. The molecule has 0 aromatic heterocycles. The van der Waals surface area contributed by atoms with E-state index >= 15 is 0 Å². The summed E-state index contributed by atoms with van der Waals surface area (Å²) in [6, 6.07) is 0. The number of carboxylic acid groups (broad SMARTS) is 2. The van der Waals surface area contributed by atoms with Gasteiger partial charge in [0.1, 0.15) is 0 Å². The van der Waals surface area contributed by atoms with Crippen molar-refractivity contribution in [2.24, 2.45) is 11.3 Å². The molecule has 1 aliphatic rings. The van der Waals surface area contributed by atoms with E-state index in [4.69, 9.17) is 0 Å². The van der Waals surface area contributed by atoms with E-state index in [1.54, 1.807) is 19.1 Å². The maximum absolute atomic E-state index is 11.8. The normalized spacial score (nSPS) is 23.6. The summed E-state index contributed by atoms with van der Waals surface area (Å²) in [7, 11) is 0. The lowest BCUT2D eigenvalue weighted by Gasteiger charge is -2.35. The van der Waals surface area contributed by atoms with Gasteiger partial charge >= 0.3 is 11.9 Å². The summed E-state index contributed by atoms with van der Waals surface area (Å²) in [4.78, 5) is 23.1. The van der Waals surface area contributed by atoms with Crippen LogP contribution in [-0.2, 0) is 9.59 Å². The molecule has 0 heterocycles. The molecule has 0 fully saturated rings. The van der Waals surface area contributed by atoms with Crippen LogP contribution in [-0.4, -0.2) is 22.2 Å². The molecule has 0 saturated heterocycles. The van der Waals surface area contributed by atoms with Crippen LogP contribution in [0.2, 0.25) is 0 Å². The summed E-state index contributed by atoms with van der Waals surface area (Å²) in [6.45, 7) is 3.91. The molecule has 0 saturated carbocycles. The number of aliphatic carboxylic acids is 2. The average molecular weight is 322 g/mol. The highest BCUT2D eigenvalue weighted by atomic mass is 16.4. The van der Waals surface area contributed by atoms with Crippen LogP contribution in [0.3, 0.4) is 0 Å². The van der Waals surface area contributed by atoms with Gasteiger partial charge in [-0.15, -0.1) is 0 Å². The summed E-state index contributed by atoms with van der Waals surface area (Å²) in [5.41, 5.74) is -0.889. The van der Waals surface area contributed by atoms with Gasteiger partial charge in [-0.05, 0) is 6.42 Å². The quantitative estimate of drug-likeness (QED) is 0.536. The fourth-order valence-corrected chi connectivity index (χ4v) is 3.36. The summed E-state index contributed by atoms with van der Waals surface area (Å²) < 4.78 is 0. The summed E-state index contributed by atoms with van der Waals surface area (Å²) in [6.07, 6.45) is 14.5. The predicted octanol–water partition coefficient (Wildman–Crippen LogP) is 4.81. The number of carboxylic acids is 2. The van der Waals surface area contributed by atoms with Gasteiger partial charge in [0.2, 0.25) is 0 Å². The molecule has 0 amide bonds. The first-order valence-corrected chi connectivity index (χ1v) is 8.81. The van der Waals surface area contributed by atoms with Crippen molar-refractivity contribution < 1.29 is 19.8 Å². The zero-order chi connectivity index (χ0) is 17.3. The van der Waals surface area contributed by atoms with Crippen LogP contribution in [0.5, 0.6) is 0 Å². The standard InChI is InChI=1S/C19H30O4/c1-3-4-5-6-7-8-9-10-13-19(18(22)23)14-11-12-16(15(19)2)17(20)21/h11-12,14-15H,3-10,13H2,1-2H3,(H,20,21)(H,22,23). The van der Waals surface area contributed by atoms with Crippen molar-refractivity contribution in [1.29, 1.82) is 0 Å². The van der Waals surface area contributed by atoms with Crippen LogP contribution in [0.25, 0.3) is 0 Å². The molecule has 0 aliphatic heterocycles. The second-order valence-electron chi connectivity index (χ2n) is 6.58. The fraction of sp³-hybridized carbons (Fsp3) is 0.684. The highest BCUT2D eigenvalue weighted by Gasteiger charge is 2.45. The Hall–Kier alpha value is -1.58. The van der Waals surface area contributed by atoms with E-state index < -0.39 is 23.3 Å². The average Bonchev–Trinajstić information content (AvgIpc) is 2.51. The Morgan fingerprint density at radius 2 is 1.61 bits per heavy atom. The highest BCUT2D eigenvalue weighted by molar-refractivity contribution is 5.91. The Bertz CT molecular complexity index is 464. The Morgan fingerprint density at radius 3 is 2.13 bits per heavy atom. The molecular weight excluding hydrogens is 292 g/mol. The first-order chi connectivity index (χ1) is 11.0. The molecule has 4 nitrogen and oxygen atoms in total. The van der Waals surface area contributed by atoms with Gasteiger partial charge in [0, 0.05) is 11.5 Å². The molecule has 2 atom stereocenters. The number of unbranched alkanes of at least 4 members (excludes halogenated alkanes) is 7. The van der Waals surface area contributed by atoms with Crippen LogP contribution in [0, 0.1) is 11.3 Å². The fourth-order valence-electron chi connectivity index (χ4n) is 3.36. The van der Waals surface area contributed by atoms with Crippen molar-refractivity contribution in [2.75, 3.05) is 0 Å². The number of rotatable bonds is 11. The van der Waals surface area contributed by atoms with E-state index in [0.717, 1.165) is 19.3 Å². The summed E-state index contributed by atoms with van der Waals surface area (Å²) >= 11 is 0. The van der Waals surface area contributed by atoms with E-state index in [-0.39, 0.29) is 5.57 Å². The molecule has 23 heavy (non-hydrogen) atoms. The van der Waals surface area contributed by atoms with Crippen LogP contribution in [0.15, 0.2) is 23.8 Å². The lowest BCUT2D eigenvalue weighted by molar-refractivity contribution is -0.149. The Kier molecular flexibility index (Phi) is 8.07. The lowest BCUT2D eigenvalue weighted by Crippen LogP contribution is -2.39. The number of hydrogen-bond donors (Lipinski definition) is 2. The number of allylic oxidation sites excluding steroid dienone is 2. The molecule has 4 heteroatoms. The van der Waals surface area contributed by atoms with Crippen molar-refractivity contribution in [3.8, 4) is 0 Å². The largest absolute Gasteiger partial charge is 0.481 e. The molecule has 1 aliphatic carbocycles. The van der Waals surface area contributed by atoms with Crippen molar-refractivity contribution in [1.82, 2.24) is 0 Å². The van der Waals surface area contributed by atoms with Crippen molar-refractivity contribution >= 4 is 11.9 Å². The topological polar surface area (TPSA) is 74.6 Å². The van der Waals surface area contributed by atoms with Gasteiger partial charge in [-0.3, -0.25) is 4.79 Å². The van der Waals surface area contributed by atoms with E-state index in [9.17, 15) is 19.8 Å². The van der Waals surface area contributed by atoms with Gasteiger partial charge in [0.15, 0.2) is 0 Å². The smallest absolute Gasteiger partial charge is 0.331 e. The van der Waals surface area contributed by atoms with Gasteiger partial charge < -0.3 is 10.2 Å². The monoisotopic (exact) mass is 322 g/mol. The zero-order valence-electron chi connectivity index (χ0n) is 14.4. The third-order valence-corrected chi connectivity index (χ3v) is 5.00. The SMILES string of the molecule is CCCCCCCCCCC1(C(=O)O)C=CC=C(C(=O)O)C1C. The molecule has 130 valence electrons. The van der Waals surface area contributed by atoms with Crippen molar-refractivity contribution in [3.63, 3.8) is 0 Å². The Labute approximate surface area is 139 Å². The summed E-state index contributed by atoms with van der Waals surface area (Å²) in [5.74, 6) is -2.45. The van der Waals surface area contributed by atoms with Crippen LogP contribution >= 0.6 is 0 Å². The third kappa shape index (κ3) is 5.22. The highest BCUT2D eigenvalue weighted by Crippen LogP contribution is 2.42. The second-order valence-corrected chi connectivity index (χ2v) is 6.58. The Balaban J connectivity index is 2.50. The first-order valence-electron chi connectivity index (χ1n) is 8.81. The molecule has 0 aromatic carbocycles. The molecule has 0 radical (unpaired) electrons. The molecule has 1 rings (SSSR count). The van der Waals surface area contributed by atoms with Gasteiger partial charge in [-0.2, -0.15) is 0 Å². The second kappa shape index (κ2) is 9.53. The lowest BCUT2D eigenvalue weighted by atomic mass is 9.67. The Morgan fingerprint density at radius 1 is 1.04 bits per heavy atom. The van der Waals surface area contributed by atoms with Crippen molar-refractivity contribution in [2.45, 2.75) is 71.6 Å². The minimum atomic E-state index is -1.08. The van der Waals surface area contributed by atoms with E-state index in [1.807, 2.05) is 0 Å². The number of carbonyl (C=O) groups is 2. The minimum Gasteiger partial charge on any atom is -0.481 e.